The van der Waals surface area contributed by atoms with Crippen LogP contribution in [0.2, 0.25) is 5.02 Å². The summed E-state index contributed by atoms with van der Waals surface area (Å²) in [5.41, 5.74) is 0.953. The summed E-state index contributed by atoms with van der Waals surface area (Å²) in [4.78, 5) is 11.0. The molecule has 0 bridgehead atoms. The molecule has 0 aliphatic heterocycles. The van der Waals surface area contributed by atoms with Crippen LogP contribution in [0.1, 0.15) is 18.9 Å². The van der Waals surface area contributed by atoms with Crippen molar-refractivity contribution in [2.24, 2.45) is 0 Å². The van der Waals surface area contributed by atoms with Gasteiger partial charge in [0.1, 0.15) is 0 Å². The molecule has 0 aromatic heterocycles. The zero-order valence-electron chi connectivity index (χ0n) is 7.46. The van der Waals surface area contributed by atoms with Crippen molar-refractivity contribution in [3.05, 3.63) is 40.9 Å². The van der Waals surface area contributed by atoms with Crippen LogP contribution in [0.25, 0.3) is 6.08 Å². The van der Waals surface area contributed by atoms with Crippen LogP contribution in [0, 0.1) is 0 Å². The summed E-state index contributed by atoms with van der Waals surface area (Å²) in [5, 5.41) is 0.686. The zero-order chi connectivity index (χ0) is 9.68. The maximum absolute atomic E-state index is 11.0. The Morgan fingerprint density at radius 1 is 1.54 bits per heavy atom. The van der Waals surface area contributed by atoms with Crippen molar-refractivity contribution in [1.82, 2.24) is 0 Å². The second-order valence-electron chi connectivity index (χ2n) is 2.71. The standard InChI is InChI=1S/C11H11ClO/c1-2-11(13)7-6-9-4-3-5-10(12)8-9/h3-8H,2H2,1H3. The van der Waals surface area contributed by atoms with Crippen LogP contribution in [-0.4, -0.2) is 5.78 Å². The summed E-state index contributed by atoms with van der Waals surface area (Å²) >= 11 is 5.78. The van der Waals surface area contributed by atoms with Crippen molar-refractivity contribution >= 4 is 23.5 Å². The van der Waals surface area contributed by atoms with E-state index in [0.717, 1.165) is 5.56 Å². The van der Waals surface area contributed by atoms with E-state index in [4.69, 9.17) is 11.6 Å². The Labute approximate surface area is 83.0 Å². The minimum absolute atomic E-state index is 0.125. The Hall–Kier alpha value is -1.08. The topological polar surface area (TPSA) is 17.1 Å². The van der Waals surface area contributed by atoms with Gasteiger partial charge in [0.05, 0.1) is 0 Å². The summed E-state index contributed by atoms with van der Waals surface area (Å²) in [7, 11) is 0. The minimum atomic E-state index is 0.125. The average Bonchev–Trinajstić information content (AvgIpc) is 2.14. The predicted molar refractivity (Wildman–Crippen MR) is 55.8 cm³/mol. The molecule has 0 saturated heterocycles. The molecule has 0 saturated carbocycles. The predicted octanol–water partition coefficient (Wildman–Crippen LogP) is 3.33. The third-order valence-electron chi connectivity index (χ3n) is 1.66. The molecule has 0 N–H and O–H groups in total. The van der Waals surface area contributed by atoms with Crippen molar-refractivity contribution in [1.29, 1.82) is 0 Å². The van der Waals surface area contributed by atoms with Crippen molar-refractivity contribution in [2.45, 2.75) is 13.3 Å². The van der Waals surface area contributed by atoms with Gasteiger partial charge in [0.15, 0.2) is 5.78 Å². The molecule has 0 amide bonds. The maximum atomic E-state index is 11.0. The highest BCUT2D eigenvalue weighted by Crippen LogP contribution is 2.11. The van der Waals surface area contributed by atoms with E-state index < -0.39 is 0 Å². The van der Waals surface area contributed by atoms with Crippen LogP contribution in [0.3, 0.4) is 0 Å². The van der Waals surface area contributed by atoms with Gasteiger partial charge in [0.25, 0.3) is 0 Å². The van der Waals surface area contributed by atoms with Crippen molar-refractivity contribution < 1.29 is 4.79 Å². The van der Waals surface area contributed by atoms with Crippen LogP contribution < -0.4 is 0 Å². The van der Waals surface area contributed by atoms with Gasteiger partial charge in [-0.3, -0.25) is 4.79 Å². The number of carbonyl (C=O) groups is 1. The number of hydrogen-bond acceptors (Lipinski definition) is 1. The largest absolute Gasteiger partial charge is 0.295 e. The van der Waals surface area contributed by atoms with E-state index in [2.05, 4.69) is 0 Å². The molecule has 2 heteroatoms. The lowest BCUT2D eigenvalue weighted by Crippen LogP contribution is -1.86. The van der Waals surface area contributed by atoms with Gasteiger partial charge in [-0.1, -0.05) is 36.7 Å². The quantitative estimate of drug-likeness (QED) is 0.675. The van der Waals surface area contributed by atoms with Crippen LogP contribution in [0.15, 0.2) is 30.3 Å². The Morgan fingerprint density at radius 3 is 2.92 bits per heavy atom. The van der Waals surface area contributed by atoms with Crippen LogP contribution in [-0.2, 0) is 4.79 Å². The molecular formula is C11H11ClO. The fraction of sp³-hybridized carbons (Fsp3) is 0.182. The number of hydrogen-bond donors (Lipinski definition) is 0. The Kier molecular flexibility index (Phi) is 3.71. The van der Waals surface area contributed by atoms with Crippen molar-refractivity contribution in [3.8, 4) is 0 Å². The average molecular weight is 195 g/mol. The van der Waals surface area contributed by atoms with Gasteiger partial charge in [-0.15, -0.1) is 0 Å². The summed E-state index contributed by atoms with van der Waals surface area (Å²) in [6.07, 6.45) is 3.89. The molecule has 0 fully saturated rings. The third kappa shape index (κ3) is 3.43. The molecule has 68 valence electrons. The van der Waals surface area contributed by atoms with Crippen LogP contribution >= 0.6 is 11.6 Å². The van der Waals surface area contributed by atoms with E-state index in [1.807, 2.05) is 25.1 Å². The van der Waals surface area contributed by atoms with Gasteiger partial charge >= 0.3 is 0 Å². The second-order valence-corrected chi connectivity index (χ2v) is 3.14. The molecule has 0 aliphatic carbocycles. The van der Waals surface area contributed by atoms with Gasteiger partial charge in [-0.25, -0.2) is 0 Å². The van der Waals surface area contributed by atoms with E-state index >= 15 is 0 Å². The number of allylic oxidation sites excluding steroid dienone is 1. The molecule has 1 rings (SSSR count). The van der Waals surface area contributed by atoms with E-state index in [1.165, 1.54) is 0 Å². The first-order valence-corrected chi connectivity index (χ1v) is 4.56. The lowest BCUT2D eigenvalue weighted by Gasteiger charge is -1.93. The fourth-order valence-electron chi connectivity index (χ4n) is 0.917. The number of halogens is 1. The normalized spacial score (nSPS) is 10.6. The fourth-order valence-corrected chi connectivity index (χ4v) is 1.12. The van der Waals surface area contributed by atoms with Crippen molar-refractivity contribution in [3.63, 3.8) is 0 Å². The summed E-state index contributed by atoms with van der Waals surface area (Å²) in [6.45, 7) is 1.84. The molecule has 13 heavy (non-hydrogen) atoms. The monoisotopic (exact) mass is 194 g/mol. The molecule has 1 aromatic carbocycles. The molecule has 0 spiro atoms. The highest BCUT2D eigenvalue weighted by atomic mass is 35.5. The molecule has 1 aromatic rings. The molecular weight excluding hydrogens is 184 g/mol. The van der Waals surface area contributed by atoms with E-state index in [0.29, 0.717) is 11.4 Å². The molecule has 0 aliphatic rings. The number of ketones is 1. The summed E-state index contributed by atoms with van der Waals surface area (Å²) < 4.78 is 0. The summed E-state index contributed by atoms with van der Waals surface area (Å²) in [5.74, 6) is 0.125. The molecule has 0 radical (unpaired) electrons. The third-order valence-corrected chi connectivity index (χ3v) is 1.89. The molecule has 0 heterocycles. The van der Waals surface area contributed by atoms with E-state index in [9.17, 15) is 4.79 Å². The lowest BCUT2D eigenvalue weighted by atomic mass is 10.2. The van der Waals surface area contributed by atoms with E-state index in [1.54, 1.807) is 18.2 Å². The van der Waals surface area contributed by atoms with Gasteiger partial charge in [0, 0.05) is 11.4 Å². The molecule has 0 atom stereocenters. The zero-order valence-corrected chi connectivity index (χ0v) is 8.21. The number of rotatable bonds is 3. The van der Waals surface area contributed by atoms with Gasteiger partial charge in [0.2, 0.25) is 0 Å². The maximum Gasteiger partial charge on any atom is 0.155 e. The second kappa shape index (κ2) is 4.83. The SMILES string of the molecule is CCC(=O)C=Cc1cccc(Cl)c1. The van der Waals surface area contributed by atoms with Gasteiger partial charge in [-0.2, -0.15) is 0 Å². The first-order chi connectivity index (χ1) is 6.22. The van der Waals surface area contributed by atoms with Gasteiger partial charge in [-0.05, 0) is 23.8 Å². The first kappa shape index (κ1) is 10.0. The van der Waals surface area contributed by atoms with Gasteiger partial charge < -0.3 is 0 Å². The van der Waals surface area contributed by atoms with Crippen LogP contribution in [0.4, 0.5) is 0 Å². The Morgan fingerprint density at radius 2 is 2.31 bits per heavy atom. The Bertz CT molecular complexity index is 329. The first-order valence-electron chi connectivity index (χ1n) is 4.19. The number of benzene rings is 1. The minimum Gasteiger partial charge on any atom is -0.295 e. The van der Waals surface area contributed by atoms with E-state index in [-0.39, 0.29) is 5.78 Å². The summed E-state index contributed by atoms with van der Waals surface area (Å²) in [6, 6.07) is 7.39. The smallest absolute Gasteiger partial charge is 0.155 e. The highest BCUT2D eigenvalue weighted by molar-refractivity contribution is 6.30. The molecule has 1 nitrogen and oxygen atoms in total. The number of carbonyl (C=O) groups excluding carboxylic acids is 1. The molecule has 0 unspecified atom stereocenters. The van der Waals surface area contributed by atoms with Crippen molar-refractivity contribution in [2.75, 3.05) is 0 Å². The Balaban J connectivity index is 2.74. The highest BCUT2D eigenvalue weighted by Gasteiger charge is 1.91. The lowest BCUT2D eigenvalue weighted by molar-refractivity contribution is -0.114. The van der Waals surface area contributed by atoms with Crippen LogP contribution in [0.5, 0.6) is 0 Å².